The summed E-state index contributed by atoms with van der Waals surface area (Å²) < 4.78 is 38.0. The molecular formula is C11H14F3N3S. The highest BCUT2D eigenvalue weighted by Crippen LogP contribution is 2.34. The fraction of sp³-hybridized carbons (Fsp3) is 0.364. The number of rotatable bonds is 3. The van der Waals surface area contributed by atoms with Crippen LogP contribution in [0.2, 0.25) is 0 Å². The summed E-state index contributed by atoms with van der Waals surface area (Å²) in [5.74, 6) is 0. The fourth-order valence-electron chi connectivity index (χ4n) is 1.26. The average molecular weight is 277 g/mol. The third-order valence-corrected chi connectivity index (χ3v) is 2.18. The molecule has 0 saturated heterocycles. The number of alkyl halides is 3. The van der Waals surface area contributed by atoms with Crippen molar-refractivity contribution in [3.8, 4) is 0 Å². The van der Waals surface area contributed by atoms with Crippen molar-refractivity contribution >= 4 is 23.0 Å². The number of thiocarbonyl (C=S) groups is 1. The maximum absolute atomic E-state index is 12.7. The van der Waals surface area contributed by atoms with Gasteiger partial charge in [-0.25, -0.2) is 0 Å². The van der Waals surface area contributed by atoms with E-state index >= 15 is 0 Å². The van der Waals surface area contributed by atoms with Gasteiger partial charge in [-0.3, -0.25) is 10.9 Å². The van der Waals surface area contributed by atoms with Crippen LogP contribution in [0.3, 0.4) is 0 Å². The number of anilines is 1. The topological polar surface area (TPSA) is 36.1 Å². The third-order valence-electron chi connectivity index (χ3n) is 1.96. The maximum Gasteiger partial charge on any atom is 0.418 e. The summed E-state index contributed by atoms with van der Waals surface area (Å²) in [6, 6.07) is 5.28. The molecular weight excluding hydrogens is 263 g/mol. The van der Waals surface area contributed by atoms with Gasteiger partial charge in [0.1, 0.15) is 0 Å². The minimum atomic E-state index is -4.40. The molecule has 0 heterocycles. The molecule has 0 fully saturated rings. The van der Waals surface area contributed by atoms with Crippen molar-refractivity contribution in [3.05, 3.63) is 29.8 Å². The van der Waals surface area contributed by atoms with Gasteiger partial charge < -0.3 is 5.32 Å². The zero-order valence-corrected chi connectivity index (χ0v) is 10.7. The number of halogens is 3. The molecule has 0 spiro atoms. The number of hydrogen-bond donors (Lipinski definition) is 3. The summed E-state index contributed by atoms with van der Waals surface area (Å²) in [6.45, 7) is 3.75. The van der Waals surface area contributed by atoms with Crippen molar-refractivity contribution in [3.63, 3.8) is 0 Å². The van der Waals surface area contributed by atoms with Crippen LogP contribution in [-0.2, 0) is 6.18 Å². The molecule has 0 atom stereocenters. The second-order valence-corrected chi connectivity index (χ2v) is 4.33. The van der Waals surface area contributed by atoms with Gasteiger partial charge in [-0.15, -0.1) is 0 Å². The predicted molar refractivity (Wildman–Crippen MR) is 69.1 cm³/mol. The van der Waals surface area contributed by atoms with Crippen LogP contribution in [-0.4, -0.2) is 11.2 Å². The Morgan fingerprint density at radius 1 is 1.22 bits per heavy atom. The van der Waals surface area contributed by atoms with Gasteiger partial charge in [0.05, 0.1) is 11.3 Å². The minimum absolute atomic E-state index is 0.0714. The lowest BCUT2D eigenvalue weighted by molar-refractivity contribution is -0.137. The van der Waals surface area contributed by atoms with Crippen molar-refractivity contribution < 1.29 is 13.2 Å². The molecule has 0 saturated carbocycles. The molecule has 1 aromatic rings. The number of hydrazine groups is 1. The monoisotopic (exact) mass is 277 g/mol. The first-order valence-electron chi connectivity index (χ1n) is 5.29. The Labute approximate surface area is 109 Å². The Kier molecular flexibility index (Phi) is 4.77. The molecule has 3 N–H and O–H groups in total. The quantitative estimate of drug-likeness (QED) is 0.586. The predicted octanol–water partition coefficient (Wildman–Crippen LogP) is 2.90. The Balaban J connectivity index is 2.71. The molecule has 1 rings (SSSR count). The molecule has 0 amide bonds. The van der Waals surface area contributed by atoms with Crippen LogP contribution in [0.5, 0.6) is 0 Å². The molecule has 0 aromatic heterocycles. The van der Waals surface area contributed by atoms with E-state index in [0.29, 0.717) is 0 Å². The summed E-state index contributed by atoms with van der Waals surface area (Å²) in [5, 5.41) is 3.09. The molecule has 3 nitrogen and oxygen atoms in total. The van der Waals surface area contributed by atoms with E-state index < -0.39 is 11.7 Å². The van der Waals surface area contributed by atoms with Crippen LogP contribution in [0.25, 0.3) is 0 Å². The minimum Gasteiger partial charge on any atom is -0.359 e. The van der Waals surface area contributed by atoms with Crippen LogP contribution in [0, 0.1) is 0 Å². The van der Waals surface area contributed by atoms with Crippen LogP contribution < -0.4 is 16.2 Å². The van der Waals surface area contributed by atoms with E-state index in [1.165, 1.54) is 18.2 Å². The normalized spacial score (nSPS) is 11.2. The number of benzene rings is 1. The van der Waals surface area contributed by atoms with E-state index in [-0.39, 0.29) is 16.8 Å². The van der Waals surface area contributed by atoms with Crippen molar-refractivity contribution in [1.82, 2.24) is 10.7 Å². The van der Waals surface area contributed by atoms with Gasteiger partial charge in [-0.2, -0.15) is 13.2 Å². The lowest BCUT2D eigenvalue weighted by Gasteiger charge is -2.17. The first-order chi connectivity index (χ1) is 8.30. The summed E-state index contributed by atoms with van der Waals surface area (Å²) >= 11 is 4.90. The molecule has 18 heavy (non-hydrogen) atoms. The molecule has 0 aliphatic heterocycles. The first-order valence-corrected chi connectivity index (χ1v) is 5.70. The van der Waals surface area contributed by atoms with Crippen molar-refractivity contribution in [2.45, 2.75) is 26.1 Å². The molecule has 0 aliphatic rings. The lowest BCUT2D eigenvalue weighted by Crippen LogP contribution is -2.42. The zero-order valence-electron chi connectivity index (χ0n) is 9.93. The molecule has 1 aromatic carbocycles. The standard InChI is InChI=1S/C11H14F3N3S/c1-7(2)15-10(18)17-16-9-6-4-3-5-8(9)11(12,13)14/h3-7,16H,1-2H3,(H2,15,17,18). The van der Waals surface area contributed by atoms with Gasteiger partial charge in [-0.1, -0.05) is 12.1 Å². The second-order valence-electron chi connectivity index (χ2n) is 3.92. The highest BCUT2D eigenvalue weighted by molar-refractivity contribution is 7.80. The smallest absolute Gasteiger partial charge is 0.359 e. The SMILES string of the molecule is CC(C)NC(=S)NNc1ccccc1C(F)(F)F. The van der Waals surface area contributed by atoms with E-state index in [2.05, 4.69) is 16.2 Å². The molecule has 0 radical (unpaired) electrons. The Morgan fingerprint density at radius 2 is 1.83 bits per heavy atom. The number of para-hydroxylation sites is 1. The summed E-state index contributed by atoms with van der Waals surface area (Å²) in [5.41, 5.74) is 4.15. The lowest BCUT2D eigenvalue weighted by atomic mass is 10.2. The third kappa shape index (κ3) is 4.40. The molecule has 0 bridgehead atoms. The first kappa shape index (κ1) is 14.6. The van der Waals surface area contributed by atoms with Crippen LogP contribution in [0.4, 0.5) is 18.9 Å². The van der Waals surface area contributed by atoms with Gasteiger partial charge in [0.25, 0.3) is 0 Å². The summed E-state index contributed by atoms with van der Waals surface area (Å²) in [6.07, 6.45) is -4.40. The van der Waals surface area contributed by atoms with E-state index in [0.717, 1.165) is 6.07 Å². The molecule has 0 aliphatic carbocycles. The zero-order chi connectivity index (χ0) is 13.8. The van der Waals surface area contributed by atoms with Crippen molar-refractivity contribution in [2.24, 2.45) is 0 Å². The van der Waals surface area contributed by atoms with Crippen LogP contribution >= 0.6 is 12.2 Å². The van der Waals surface area contributed by atoms with E-state index in [1.807, 2.05) is 13.8 Å². The largest absolute Gasteiger partial charge is 0.418 e. The van der Waals surface area contributed by atoms with Gasteiger partial charge in [0.2, 0.25) is 0 Å². The number of nitrogens with one attached hydrogen (secondary N) is 3. The van der Waals surface area contributed by atoms with E-state index in [9.17, 15) is 13.2 Å². The van der Waals surface area contributed by atoms with Crippen molar-refractivity contribution in [1.29, 1.82) is 0 Å². The maximum atomic E-state index is 12.7. The van der Waals surface area contributed by atoms with Crippen molar-refractivity contribution in [2.75, 3.05) is 5.43 Å². The highest BCUT2D eigenvalue weighted by atomic mass is 32.1. The van der Waals surface area contributed by atoms with Gasteiger partial charge in [0, 0.05) is 6.04 Å². The Morgan fingerprint density at radius 3 is 2.39 bits per heavy atom. The molecule has 0 unspecified atom stereocenters. The fourth-order valence-corrected chi connectivity index (χ4v) is 1.55. The highest BCUT2D eigenvalue weighted by Gasteiger charge is 2.33. The molecule has 7 heteroatoms. The summed E-state index contributed by atoms with van der Waals surface area (Å²) in [7, 11) is 0. The Bertz CT molecular complexity index is 418. The van der Waals surface area contributed by atoms with Gasteiger partial charge >= 0.3 is 6.18 Å². The van der Waals surface area contributed by atoms with E-state index in [4.69, 9.17) is 12.2 Å². The van der Waals surface area contributed by atoms with E-state index in [1.54, 1.807) is 0 Å². The van der Waals surface area contributed by atoms with Gasteiger partial charge in [-0.05, 0) is 38.2 Å². The average Bonchev–Trinajstić information content (AvgIpc) is 2.24. The van der Waals surface area contributed by atoms with Gasteiger partial charge in [0.15, 0.2) is 5.11 Å². The Hall–Kier alpha value is -1.50. The molecule has 100 valence electrons. The van der Waals surface area contributed by atoms with Crippen LogP contribution in [0.1, 0.15) is 19.4 Å². The van der Waals surface area contributed by atoms with Crippen LogP contribution in [0.15, 0.2) is 24.3 Å². The number of hydrogen-bond acceptors (Lipinski definition) is 2. The second kappa shape index (κ2) is 5.90. The summed E-state index contributed by atoms with van der Waals surface area (Å²) in [4.78, 5) is 0.